The second-order valence-corrected chi connectivity index (χ2v) is 6.12. The highest BCUT2D eigenvalue weighted by Crippen LogP contribution is 2.17. The van der Waals surface area contributed by atoms with Crippen LogP contribution in [0.5, 0.6) is 5.75 Å². The first-order chi connectivity index (χ1) is 12.2. The van der Waals surface area contributed by atoms with Crippen LogP contribution in [-0.4, -0.2) is 46.8 Å². The van der Waals surface area contributed by atoms with Gasteiger partial charge in [0.1, 0.15) is 5.75 Å². The molecule has 1 aromatic heterocycles. The summed E-state index contributed by atoms with van der Waals surface area (Å²) in [5, 5.41) is 11.0. The van der Waals surface area contributed by atoms with E-state index in [0.29, 0.717) is 24.5 Å². The monoisotopic (exact) mass is 344 g/mol. The first kappa shape index (κ1) is 17.4. The van der Waals surface area contributed by atoms with Gasteiger partial charge < -0.3 is 14.8 Å². The van der Waals surface area contributed by atoms with Crippen molar-refractivity contribution in [1.29, 1.82) is 0 Å². The van der Waals surface area contributed by atoms with Crippen molar-refractivity contribution in [3.05, 3.63) is 35.7 Å². The number of hydrogen-bond acceptors (Lipinski definition) is 5. The molecule has 0 bridgehead atoms. The molecule has 0 radical (unpaired) electrons. The highest BCUT2D eigenvalue weighted by Gasteiger charge is 2.20. The number of amides is 1. The SMILES string of the molecule is CCCOc1ccc(-n2nnc(C(=O)NC[C@@H]3CCCO3)c2C)cc1. The first-order valence-electron chi connectivity index (χ1n) is 8.74. The lowest BCUT2D eigenvalue weighted by Gasteiger charge is -2.10. The molecule has 1 fully saturated rings. The summed E-state index contributed by atoms with van der Waals surface area (Å²) in [5.74, 6) is 0.597. The van der Waals surface area contributed by atoms with Crippen molar-refractivity contribution in [1.82, 2.24) is 20.3 Å². The number of aromatic nitrogens is 3. The normalized spacial score (nSPS) is 16.8. The lowest BCUT2D eigenvalue weighted by Crippen LogP contribution is -2.32. The molecule has 1 aromatic carbocycles. The van der Waals surface area contributed by atoms with Gasteiger partial charge in [-0.15, -0.1) is 5.10 Å². The molecule has 2 aromatic rings. The minimum absolute atomic E-state index is 0.106. The Kier molecular flexibility index (Phi) is 5.65. The molecule has 1 aliphatic rings. The first-order valence-corrected chi connectivity index (χ1v) is 8.74. The van der Waals surface area contributed by atoms with Gasteiger partial charge in [-0.05, 0) is 50.5 Å². The van der Waals surface area contributed by atoms with E-state index in [9.17, 15) is 4.79 Å². The minimum Gasteiger partial charge on any atom is -0.494 e. The van der Waals surface area contributed by atoms with E-state index in [0.717, 1.165) is 37.3 Å². The number of nitrogens with one attached hydrogen (secondary N) is 1. The van der Waals surface area contributed by atoms with Crippen LogP contribution >= 0.6 is 0 Å². The molecule has 7 heteroatoms. The van der Waals surface area contributed by atoms with E-state index >= 15 is 0 Å². The van der Waals surface area contributed by atoms with E-state index in [1.54, 1.807) is 4.68 Å². The maximum Gasteiger partial charge on any atom is 0.273 e. The lowest BCUT2D eigenvalue weighted by atomic mass is 10.2. The van der Waals surface area contributed by atoms with Gasteiger partial charge in [-0.25, -0.2) is 4.68 Å². The average molecular weight is 344 g/mol. The molecule has 1 amide bonds. The summed E-state index contributed by atoms with van der Waals surface area (Å²) in [5.41, 5.74) is 1.88. The zero-order chi connectivity index (χ0) is 17.6. The molecule has 0 aliphatic carbocycles. The van der Waals surface area contributed by atoms with Gasteiger partial charge in [0.25, 0.3) is 5.91 Å². The Bertz CT molecular complexity index is 706. The van der Waals surface area contributed by atoms with Crippen molar-refractivity contribution < 1.29 is 14.3 Å². The van der Waals surface area contributed by atoms with Crippen molar-refractivity contribution in [3.63, 3.8) is 0 Å². The predicted molar refractivity (Wildman–Crippen MR) is 93.2 cm³/mol. The van der Waals surface area contributed by atoms with Crippen molar-refractivity contribution in [3.8, 4) is 11.4 Å². The molecule has 1 saturated heterocycles. The van der Waals surface area contributed by atoms with E-state index in [-0.39, 0.29) is 12.0 Å². The molecule has 3 rings (SSSR count). The fourth-order valence-electron chi connectivity index (χ4n) is 2.78. The summed E-state index contributed by atoms with van der Waals surface area (Å²) in [6, 6.07) is 7.59. The third-order valence-electron chi connectivity index (χ3n) is 4.18. The Labute approximate surface area is 147 Å². The molecule has 0 unspecified atom stereocenters. The summed E-state index contributed by atoms with van der Waals surface area (Å²) in [6.07, 6.45) is 3.11. The zero-order valence-electron chi connectivity index (χ0n) is 14.7. The molecule has 1 atom stereocenters. The fraction of sp³-hybridized carbons (Fsp3) is 0.500. The van der Waals surface area contributed by atoms with Crippen molar-refractivity contribution >= 4 is 5.91 Å². The second-order valence-electron chi connectivity index (χ2n) is 6.12. The van der Waals surface area contributed by atoms with E-state index in [2.05, 4.69) is 22.6 Å². The molecule has 134 valence electrons. The van der Waals surface area contributed by atoms with Gasteiger partial charge in [0, 0.05) is 13.2 Å². The zero-order valence-corrected chi connectivity index (χ0v) is 14.7. The lowest BCUT2D eigenvalue weighted by molar-refractivity contribution is 0.0853. The van der Waals surface area contributed by atoms with E-state index in [1.165, 1.54) is 0 Å². The second kappa shape index (κ2) is 8.11. The molecule has 2 heterocycles. The van der Waals surface area contributed by atoms with Gasteiger partial charge in [-0.2, -0.15) is 0 Å². The molecule has 1 N–H and O–H groups in total. The van der Waals surface area contributed by atoms with Crippen LogP contribution in [0.4, 0.5) is 0 Å². The maximum atomic E-state index is 12.3. The number of benzene rings is 1. The Morgan fingerprint density at radius 3 is 2.88 bits per heavy atom. The minimum atomic E-state index is -0.220. The Hall–Kier alpha value is -2.41. The topological polar surface area (TPSA) is 78.3 Å². The standard InChI is InChI=1S/C18H24N4O3/c1-3-10-24-15-8-6-14(7-9-15)22-13(2)17(20-21-22)18(23)19-12-16-5-4-11-25-16/h6-9,16H,3-5,10-12H2,1-2H3,(H,19,23)/t16-/m0/s1. The van der Waals surface area contributed by atoms with Crippen LogP contribution in [0.1, 0.15) is 42.4 Å². The molecule has 0 saturated carbocycles. The van der Waals surface area contributed by atoms with Gasteiger partial charge in [0.2, 0.25) is 0 Å². The van der Waals surface area contributed by atoms with Crippen LogP contribution < -0.4 is 10.1 Å². The largest absolute Gasteiger partial charge is 0.494 e. The molecule has 25 heavy (non-hydrogen) atoms. The summed E-state index contributed by atoms with van der Waals surface area (Å²) >= 11 is 0. The number of rotatable bonds is 7. The molecule has 0 spiro atoms. The Morgan fingerprint density at radius 2 is 2.20 bits per heavy atom. The van der Waals surface area contributed by atoms with Crippen LogP contribution in [0.3, 0.4) is 0 Å². The van der Waals surface area contributed by atoms with Crippen molar-refractivity contribution in [2.45, 2.75) is 39.2 Å². The molecular formula is C18H24N4O3. The number of nitrogens with zero attached hydrogens (tertiary/aromatic N) is 3. The summed E-state index contributed by atoms with van der Waals surface area (Å²) < 4.78 is 12.8. The number of hydrogen-bond donors (Lipinski definition) is 1. The molecule has 7 nitrogen and oxygen atoms in total. The third kappa shape index (κ3) is 4.17. The fourth-order valence-corrected chi connectivity index (χ4v) is 2.78. The van der Waals surface area contributed by atoms with Crippen LogP contribution in [0, 0.1) is 6.92 Å². The quantitative estimate of drug-likeness (QED) is 0.834. The van der Waals surface area contributed by atoms with Crippen LogP contribution in [0.15, 0.2) is 24.3 Å². The average Bonchev–Trinajstić information content (AvgIpc) is 3.28. The van der Waals surface area contributed by atoms with E-state index in [1.807, 2.05) is 31.2 Å². The maximum absolute atomic E-state index is 12.3. The number of carbonyl (C=O) groups is 1. The molecule has 1 aliphatic heterocycles. The van der Waals surface area contributed by atoms with Crippen molar-refractivity contribution in [2.75, 3.05) is 19.8 Å². The van der Waals surface area contributed by atoms with Crippen LogP contribution in [0.2, 0.25) is 0 Å². The van der Waals surface area contributed by atoms with Gasteiger partial charge in [0.05, 0.1) is 24.1 Å². The van der Waals surface area contributed by atoms with E-state index in [4.69, 9.17) is 9.47 Å². The smallest absolute Gasteiger partial charge is 0.273 e. The Morgan fingerprint density at radius 1 is 1.40 bits per heavy atom. The predicted octanol–water partition coefficient (Wildman–Crippen LogP) is 2.27. The number of carbonyl (C=O) groups excluding carboxylic acids is 1. The van der Waals surface area contributed by atoms with Crippen LogP contribution in [0.25, 0.3) is 5.69 Å². The van der Waals surface area contributed by atoms with Gasteiger partial charge in [0.15, 0.2) is 5.69 Å². The highest BCUT2D eigenvalue weighted by molar-refractivity contribution is 5.93. The molecular weight excluding hydrogens is 320 g/mol. The van der Waals surface area contributed by atoms with Crippen LogP contribution in [-0.2, 0) is 4.74 Å². The van der Waals surface area contributed by atoms with Gasteiger partial charge >= 0.3 is 0 Å². The highest BCUT2D eigenvalue weighted by atomic mass is 16.5. The summed E-state index contributed by atoms with van der Waals surface area (Å²) in [7, 11) is 0. The van der Waals surface area contributed by atoms with Gasteiger partial charge in [-0.1, -0.05) is 12.1 Å². The van der Waals surface area contributed by atoms with Gasteiger partial charge in [-0.3, -0.25) is 4.79 Å². The summed E-state index contributed by atoms with van der Waals surface area (Å²) in [4.78, 5) is 12.3. The number of ether oxygens (including phenoxy) is 2. The Balaban J connectivity index is 1.66. The van der Waals surface area contributed by atoms with E-state index < -0.39 is 0 Å². The third-order valence-corrected chi connectivity index (χ3v) is 4.18. The van der Waals surface area contributed by atoms with Crippen molar-refractivity contribution in [2.24, 2.45) is 0 Å². The summed E-state index contributed by atoms with van der Waals surface area (Å²) in [6.45, 7) is 5.88.